The van der Waals surface area contributed by atoms with Gasteiger partial charge >= 0.3 is 0 Å². The normalized spacial score (nSPS) is 13.5. The fraction of sp³-hybridized carbons (Fsp3) is 0.417. The van der Waals surface area contributed by atoms with Crippen LogP contribution < -0.4 is 5.56 Å². The molecule has 0 aliphatic heterocycles. The van der Waals surface area contributed by atoms with E-state index in [0.717, 1.165) is 17.4 Å². The van der Waals surface area contributed by atoms with Crippen LogP contribution in [0.15, 0.2) is 29.3 Å². The smallest absolute Gasteiger partial charge is 0.272 e. The van der Waals surface area contributed by atoms with E-state index >= 15 is 0 Å². The Hall–Kier alpha value is -1.55. The Labute approximate surface area is 94.5 Å². The zero-order chi connectivity index (χ0) is 11.7. The van der Waals surface area contributed by atoms with Crippen molar-refractivity contribution >= 4 is 10.9 Å². The van der Waals surface area contributed by atoms with E-state index in [2.05, 4.69) is 16.8 Å². The molecular weight excluding hydrogens is 202 g/mol. The van der Waals surface area contributed by atoms with Crippen molar-refractivity contribution in [2.75, 3.05) is 14.1 Å². The van der Waals surface area contributed by atoms with E-state index in [0.29, 0.717) is 6.04 Å². The first kappa shape index (κ1) is 11.0. The summed E-state index contributed by atoms with van der Waals surface area (Å²) in [6.07, 6.45) is 3.66. The van der Waals surface area contributed by atoms with Gasteiger partial charge in [-0.2, -0.15) is 0 Å². The Kier molecular flexibility index (Phi) is 2.83. The van der Waals surface area contributed by atoms with Crippen LogP contribution in [0.4, 0.5) is 0 Å². The molecule has 2 aromatic heterocycles. The van der Waals surface area contributed by atoms with Gasteiger partial charge in [0.15, 0.2) is 0 Å². The molecule has 1 N–H and O–H groups in total. The zero-order valence-electron chi connectivity index (χ0n) is 9.90. The lowest BCUT2D eigenvalue weighted by Crippen LogP contribution is -2.29. The number of rotatable bonds is 3. The molecule has 0 aliphatic rings. The highest BCUT2D eigenvalue weighted by Gasteiger charge is 2.09. The third-order valence-corrected chi connectivity index (χ3v) is 3.03. The molecule has 1 atom stereocenters. The lowest BCUT2D eigenvalue weighted by Gasteiger charge is -2.20. The van der Waals surface area contributed by atoms with Crippen LogP contribution in [0.2, 0.25) is 0 Å². The molecule has 1 unspecified atom stereocenters. The minimum Gasteiger partial charge on any atom is -0.341 e. The Bertz CT molecular complexity index is 538. The van der Waals surface area contributed by atoms with Gasteiger partial charge in [0.2, 0.25) is 0 Å². The molecule has 0 aromatic carbocycles. The molecule has 16 heavy (non-hydrogen) atoms. The number of likely N-dealkylation sites (N-methyl/N-ethyl adjacent to an activating group) is 1. The number of aromatic amines is 1. The molecule has 2 heterocycles. The van der Waals surface area contributed by atoms with Crippen molar-refractivity contribution in [3.63, 3.8) is 0 Å². The zero-order valence-corrected chi connectivity index (χ0v) is 9.90. The second-order valence-electron chi connectivity index (χ2n) is 4.39. The van der Waals surface area contributed by atoms with Crippen LogP contribution in [0.1, 0.15) is 6.92 Å². The Morgan fingerprint density at radius 2 is 2.19 bits per heavy atom. The van der Waals surface area contributed by atoms with E-state index in [-0.39, 0.29) is 5.56 Å². The molecular formula is C12H17N3O. The molecule has 0 aliphatic carbocycles. The molecule has 0 amide bonds. The summed E-state index contributed by atoms with van der Waals surface area (Å²) in [6.45, 7) is 2.96. The Balaban J connectivity index is 2.42. The molecule has 0 saturated heterocycles. The van der Waals surface area contributed by atoms with Gasteiger partial charge in [0.25, 0.3) is 5.56 Å². The highest BCUT2D eigenvalue weighted by atomic mass is 16.1. The summed E-state index contributed by atoms with van der Waals surface area (Å²) < 4.78 is 2.01. The molecule has 4 nitrogen and oxygen atoms in total. The van der Waals surface area contributed by atoms with Crippen molar-refractivity contribution in [3.05, 3.63) is 34.9 Å². The first-order chi connectivity index (χ1) is 7.59. The Morgan fingerprint density at radius 1 is 1.44 bits per heavy atom. The second-order valence-corrected chi connectivity index (χ2v) is 4.39. The molecule has 4 heteroatoms. The van der Waals surface area contributed by atoms with Crippen molar-refractivity contribution < 1.29 is 0 Å². The van der Waals surface area contributed by atoms with Gasteiger partial charge in [-0.05, 0) is 33.2 Å². The molecule has 86 valence electrons. The topological polar surface area (TPSA) is 41.0 Å². The number of nitrogens with zero attached hydrogens (tertiary/aromatic N) is 2. The van der Waals surface area contributed by atoms with Crippen LogP contribution in [0, 0.1) is 0 Å². The van der Waals surface area contributed by atoms with Crippen molar-refractivity contribution in [1.82, 2.24) is 14.5 Å². The fourth-order valence-corrected chi connectivity index (χ4v) is 1.76. The largest absolute Gasteiger partial charge is 0.341 e. The van der Waals surface area contributed by atoms with Crippen LogP contribution >= 0.6 is 0 Å². The van der Waals surface area contributed by atoms with Crippen LogP contribution in [-0.4, -0.2) is 34.6 Å². The van der Waals surface area contributed by atoms with E-state index in [1.165, 1.54) is 0 Å². The van der Waals surface area contributed by atoms with Crippen LogP contribution in [0.3, 0.4) is 0 Å². The Morgan fingerprint density at radius 3 is 2.88 bits per heavy atom. The first-order valence-electron chi connectivity index (χ1n) is 5.42. The average Bonchev–Trinajstić information content (AvgIpc) is 2.63. The fourth-order valence-electron chi connectivity index (χ4n) is 1.76. The third kappa shape index (κ3) is 1.88. The van der Waals surface area contributed by atoms with E-state index < -0.39 is 0 Å². The quantitative estimate of drug-likeness (QED) is 0.845. The minimum atomic E-state index is -0.0199. The summed E-state index contributed by atoms with van der Waals surface area (Å²) in [5.41, 5.74) is 0.740. The standard InChI is InChI=1S/C12H17N3O/c1-9(14(2)3)8-15-7-5-10-4-6-13-12(16)11(10)15/h4-7,9H,8H2,1-3H3,(H,13,16). The van der Waals surface area contributed by atoms with E-state index in [9.17, 15) is 4.79 Å². The van der Waals surface area contributed by atoms with Crippen molar-refractivity contribution in [1.29, 1.82) is 0 Å². The molecule has 0 spiro atoms. The molecule has 0 bridgehead atoms. The predicted molar refractivity (Wildman–Crippen MR) is 65.7 cm³/mol. The number of hydrogen-bond acceptors (Lipinski definition) is 2. The van der Waals surface area contributed by atoms with E-state index in [1.54, 1.807) is 6.20 Å². The summed E-state index contributed by atoms with van der Waals surface area (Å²) in [7, 11) is 4.08. The average molecular weight is 219 g/mol. The molecule has 0 saturated carbocycles. The van der Waals surface area contributed by atoms with Gasteiger partial charge < -0.3 is 14.5 Å². The predicted octanol–water partition coefficient (Wildman–Crippen LogP) is 1.28. The molecule has 0 fully saturated rings. The SMILES string of the molecule is CC(Cn1ccc2cc[nH]c(=O)c21)N(C)C. The maximum Gasteiger partial charge on any atom is 0.272 e. The van der Waals surface area contributed by atoms with Gasteiger partial charge in [0, 0.05) is 30.4 Å². The number of H-pyrrole nitrogens is 1. The second kappa shape index (κ2) is 4.14. The lowest BCUT2D eigenvalue weighted by atomic mass is 10.3. The molecule has 0 radical (unpaired) electrons. The van der Waals surface area contributed by atoms with E-state index in [4.69, 9.17) is 0 Å². The highest BCUT2D eigenvalue weighted by Crippen LogP contribution is 2.11. The van der Waals surface area contributed by atoms with Gasteiger partial charge in [0.05, 0.1) is 0 Å². The van der Waals surface area contributed by atoms with Crippen LogP contribution in [0.5, 0.6) is 0 Å². The maximum atomic E-state index is 11.7. The number of aromatic nitrogens is 2. The summed E-state index contributed by atoms with van der Waals surface area (Å²) in [4.78, 5) is 16.6. The van der Waals surface area contributed by atoms with Crippen LogP contribution in [-0.2, 0) is 6.54 Å². The van der Waals surface area contributed by atoms with Gasteiger partial charge in [-0.15, -0.1) is 0 Å². The summed E-state index contributed by atoms with van der Waals surface area (Å²) >= 11 is 0. The number of fused-ring (bicyclic) bond motifs is 1. The van der Waals surface area contributed by atoms with Crippen molar-refractivity contribution in [2.45, 2.75) is 19.5 Å². The van der Waals surface area contributed by atoms with Crippen LogP contribution in [0.25, 0.3) is 10.9 Å². The maximum absolute atomic E-state index is 11.7. The first-order valence-corrected chi connectivity index (χ1v) is 5.42. The van der Waals surface area contributed by atoms with E-state index in [1.807, 2.05) is 37.0 Å². The van der Waals surface area contributed by atoms with Crippen molar-refractivity contribution in [3.8, 4) is 0 Å². The van der Waals surface area contributed by atoms with Gasteiger partial charge in [0.1, 0.15) is 5.52 Å². The summed E-state index contributed by atoms with van der Waals surface area (Å²) in [6, 6.07) is 4.30. The molecule has 2 rings (SSSR count). The third-order valence-electron chi connectivity index (χ3n) is 3.03. The highest BCUT2D eigenvalue weighted by molar-refractivity contribution is 5.78. The van der Waals surface area contributed by atoms with Crippen molar-refractivity contribution in [2.24, 2.45) is 0 Å². The monoisotopic (exact) mass is 219 g/mol. The number of nitrogens with one attached hydrogen (secondary N) is 1. The minimum absolute atomic E-state index is 0.0199. The number of pyridine rings is 1. The van der Waals surface area contributed by atoms with Gasteiger partial charge in [-0.1, -0.05) is 0 Å². The summed E-state index contributed by atoms with van der Waals surface area (Å²) in [5, 5.41) is 0.995. The lowest BCUT2D eigenvalue weighted by molar-refractivity contribution is 0.286. The molecule has 2 aromatic rings. The summed E-state index contributed by atoms with van der Waals surface area (Å²) in [5.74, 6) is 0. The van der Waals surface area contributed by atoms with Gasteiger partial charge in [-0.3, -0.25) is 4.79 Å². The number of hydrogen-bond donors (Lipinski definition) is 1. The van der Waals surface area contributed by atoms with Gasteiger partial charge in [-0.25, -0.2) is 0 Å².